The van der Waals surface area contributed by atoms with Crippen molar-refractivity contribution in [1.29, 1.82) is 0 Å². The molecule has 1 heterocycles. The lowest BCUT2D eigenvalue weighted by atomic mass is 10.1. The minimum absolute atomic E-state index is 0.151. The second-order valence-electron chi connectivity index (χ2n) is 4.75. The van der Waals surface area contributed by atoms with Gasteiger partial charge in [-0.2, -0.15) is 0 Å². The molecular weight excluding hydrogens is 329 g/mol. The molecule has 0 radical (unpaired) electrons. The second-order valence-corrected chi connectivity index (χ2v) is 5.60. The van der Waals surface area contributed by atoms with E-state index in [-0.39, 0.29) is 17.6 Å². The summed E-state index contributed by atoms with van der Waals surface area (Å²) in [5, 5.41) is 14.5. The Labute approximate surface area is 136 Å². The van der Waals surface area contributed by atoms with Crippen molar-refractivity contribution in [2.75, 3.05) is 0 Å². The van der Waals surface area contributed by atoms with E-state index in [1.165, 1.54) is 23.7 Å². The first kappa shape index (κ1) is 16.3. The summed E-state index contributed by atoms with van der Waals surface area (Å²) in [6.07, 6.45) is 0. The van der Waals surface area contributed by atoms with E-state index in [1.807, 2.05) is 0 Å². The molecule has 2 rings (SSSR count). The first-order valence-electron chi connectivity index (χ1n) is 6.37. The molecule has 1 N–H and O–H groups in total. The highest BCUT2D eigenvalue weighted by molar-refractivity contribution is 6.35. The van der Waals surface area contributed by atoms with Crippen molar-refractivity contribution in [1.82, 2.24) is 9.88 Å². The van der Waals surface area contributed by atoms with Crippen LogP contribution in [0.1, 0.15) is 29.0 Å². The monoisotopic (exact) mass is 341 g/mol. The van der Waals surface area contributed by atoms with Gasteiger partial charge in [0.25, 0.3) is 5.91 Å². The fourth-order valence-corrected chi connectivity index (χ4v) is 2.68. The fraction of sp³-hybridized carbons (Fsp3) is 0.214. The molecule has 1 aromatic heterocycles. The number of carbonyl (C=O) groups is 1. The summed E-state index contributed by atoms with van der Waals surface area (Å²) in [5.74, 6) is -0.573. The van der Waals surface area contributed by atoms with Crippen LogP contribution in [-0.4, -0.2) is 15.4 Å². The maximum atomic E-state index is 12.2. The predicted octanol–water partition coefficient (Wildman–Crippen LogP) is 3.73. The molecule has 0 unspecified atom stereocenters. The molecule has 0 fully saturated rings. The Balaban J connectivity index is 2.19. The van der Waals surface area contributed by atoms with Crippen molar-refractivity contribution >= 4 is 34.9 Å². The third kappa shape index (κ3) is 3.23. The normalized spacial score (nSPS) is 12.0. The van der Waals surface area contributed by atoms with Gasteiger partial charge in [0, 0.05) is 16.1 Å². The van der Waals surface area contributed by atoms with Crippen LogP contribution in [0.5, 0.6) is 0 Å². The number of carbonyl (C=O) groups excluding carboxylic acids is 1. The maximum absolute atomic E-state index is 12.2. The van der Waals surface area contributed by atoms with E-state index < -0.39 is 10.8 Å². The van der Waals surface area contributed by atoms with Gasteiger partial charge in [-0.15, -0.1) is 0 Å². The number of hydrogen-bond donors (Lipinski definition) is 1. The highest BCUT2D eigenvalue weighted by Crippen LogP contribution is 2.26. The fourth-order valence-electron chi connectivity index (χ4n) is 2.11. The maximum Gasteiger partial charge on any atom is 0.323 e. The van der Waals surface area contributed by atoms with Crippen LogP contribution in [0.25, 0.3) is 0 Å². The van der Waals surface area contributed by atoms with Crippen LogP contribution >= 0.6 is 23.2 Å². The molecule has 0 aliphatic carbocycles. The van der Waals surface area contributed by atoms with E-state index in [4.69, 9.17) is 23.2 Å². The Hall–Kier alpha value is -2.05. The Bertz CT molecular complexity index is 743. The zero-order chi connectivity index (χ0) is 16.4. The van der Waals surface area contributed by atoms with E-state index >= 15 is 0 Å². The average Bonchev–Trinajstić information content (AvgIpc) is 2.80. The van der Waals surface area contributed by atoms with Crippen LogP contribution in [0.2, 0.25) is 10.0 Å². The van der Waals surface area contributed by atoms with E-state index in [1.54, 1.807) is 25.1 Å². The predicted molar refractivity (Wildman–Crippen MR) is 84.4 cm³/mol. The van der Waals surface area contributed by atoms with Crippen molar-refractivity contribution in [2.45, 2.75) is 13.0 Å². The molecule has 0 spiro atoms. The minimum atomic E-state index is -0.545. The molecule has 6 nitrogen and oxygen atoms in total. The van der Waals surface area contributed by atoms with Gasteiger partial charge in [0.15, 0.2) is 5.69 Å². The van der Waals surface area contributed by atoms with Crippen molar-refractivity contribution in [3.05, 3.63) is 61.7 Å². The number of hydrogen-bond acceptors (Lipinski definition) is 3. The number of nitrogens with zero attached hydrogens (tertiary/aromatic N) is 2. The first-order valence-corrected chi connectivity index (χ1v) is 7.12. The largest absolute Gasteiger partial charge is 0.358 e. The summed E-state index contributed by atoms with van der Waals surface area (Å²) < 4.78 is 1.23. The van der Waals surface area contributed by atoms with Crippen molar-refractivity contribution in [3.8, 4) is 0 Å². The van der Waals surface area contributed by atoms with E-state index in [2.05, 4.69) is 5.32 Å². The lowest BCUT2D eigenvalue weighted by molar-refractivity contribution is -0.391. The Kier molecular flexibility index (Phi) is 4.73. The first-order chi connectivity index (χ1) is 10.3. The quantitative estimate of drug-likeness (QED) is 0.679. The molecule has 8 heteroatoms. The number of amides is 1. The van der Waals surface area contributed by atoms with E-state index in [9.17, 15) is 14.9 Å². The van der Waals surface area contributed by atoms with Crippen LogP contribution in [0.4, 0.5) is 5.82 Å². The van der Waals surface area contributed by atoms with Gasteiger partial charge in [0.05, 0.1) is 13.1 Å². The summed E-state index contributed by atoms with van der Waals surface area (Å²) in [6.45, 7) is 1.77. The SMILES string of the molecule is C[C@H](NC(=O)c1ccc([N+](=O)[O-])n1C)c1ccc(Cl)cc1Cl. The molecule has 0 bridgehead atoms. The number of halogens is 2. The number of nitro groups is 1. The molecule has 116 valence electrons. The third-order valence-corrected chi connectivity index (χ3v) is 3.85. The molecule has 2 aromatic rings. The zero-order valence-corrected chi connectivity index (χ0v) is 13.4. The second kappa shape index (κ2) is 6.37. The third-order valence-electron chi connectivity index (χ3n) is 3.29. The van der Waals surface area contributed by atoms with Gasteiger partial charge >= 0.3 is 5.82 Å². The van der Waals surface area contributed by atoms with E-state index in [0.29, 0.717) is 15.6 Å². The van der Waals surface area contributed by atoms with Gasteiger partial charge in [-0.05, 0) is 35.6 Å². The number of nitrogens with one attached hydrogen (secondary N) is 1. The van der Waals surface area contributed by atoms with Crippen molar-refractivity contribution in [3.63, 3.8) is 0 Å². The van der Waals surface area contributed by atoms with Crippen LogP contribution in [0.15, 0.2) is 30.3 Å². The van der Waals surface area contributed by atoms with E-state index in [0.717, 1.165) is 0 Å². The summed E-state index contributed by atoms with van der Waals surface area (Å²) in [7, 11) is 1.47. The van der Waals surface area contributed by atoms with Gasteiger partial charge in [-0.25, -0.2) is 4.57 Å². The molecular formula is C14H13Cl2N3O3. The number of aromatic nitrogens is 1. The molecule has 0 saturated carbocycles. The van der Waals surface area contributed by atoms with Gasteiger partial charge in [0.2, 0.25) is 0 Å². The molecule has 0 saturated heterocycles. The van der Waals surface area contributed by atoms with Crippen LogP contribution in [0.3, 0.4) is 0 Å². The van der Waals surface area contributed by atoms with Crippen LogP contribution < -0.4 is 5.32 Å². The van der Waals surface area contributed by atoms with Crippen LogP contribution in [-0.2, 0) is 7.05 Å². The van der Waals surface area contributed by atoms with Crippen LogP contribution in [0, 0.1) is 10.1 Å². The van der Waals surface area contributed by atoms with Gasteiger partial charge in [-0.3, -0.25) is 4.79 Å². The highest BCUT2D eigenvalue weighted by Gasteiger charge is 2.22. The highest BCUT2D eigenvalue weighted by atomic mass is 35.5. The molecule has 1 amide bonds. The molecule has 0 aliphatic heterocycles. The molecule has 0 aliphatic rings. The lowest BCUT2D eigenvalue weighted by Crippen LogP contribution is -2.28. The van der Waals surface area contributed by atoms with Gasteiger partial charge in [-0.1, -0.05) is 29.3 Å². The van der Waals surface area contributed by atoms with Gasteiger partial charge in [0.1, 0.15) is 0 Å². The summed E-state index contributed by atoms with van der Waals surface area (Å²) in [6, 6.07) is 7.32. The van der Waals surface area contributed by atoms with Gasteiger partial charge < -0.3 is 15.4 Å². The Morgan fingerprint density at radius 3 is 2.55 bits per heavy atom. The average molecular weight is 342 g/mol. The summed E-state index contributed by atoms with van der Waals surface area (Å²) in [4.78, 5) is 22.5. The van der Waals surface area contributed by atoms with Crippen molar-refractivity contribution < 1.29 is 9.72 Å². The standard InChI is InChI=1S/C14H13Cl2N3O3/c1-8(10-4-3-9(15)7-11(10)16)17-14(20)12-5-6-13(18(12)2)19(21)22/h3-8H,1-2H3,(H,17,20)/t8-/m0/s1. The smallest absolute Gasteiger partial charge is 0.323 e. The minimum Gasteiger partial charge on any atom is -0.358 e. The number of rotatable bonds is 4. The molecule has 1 atom stereocenters. The Morgan fingerprint density at radius 1 is 1.32 bits per heavy atom. The topological polar surface area (TPSA) is 77.2 Å². The Morgan fingerprint density at radius 2 is 2.00 bits per heavy atom. The van der Waals surface area contributed by atoms with Crippen molar-refractivity contribution in [2.24, 2.45) is 7.05 Å². The summed E-state index contributed by atoms with van der Waals surface area (Å²) >= 11 is 11.9. The zero-order valence-electron chi connectivity index (χ0n) is 11.8. The molecule has 1 aromatic carbocycles. The lowest BCUT2D eigenvalue weighted by Gasteiger charge is -2.15. The molecule has 22 heavy (non-hydrogen) atoms. The number of benzene rings is 1. The summed E-state index contributed by atoms with van der Waals surface area (Å²) in [5.41, 5.74) is 0.909.